The number of hydrogen-bond acceptors (Lipinski definition) is 6. The van der Waals surface area contributed by atoms with Gasteiger partial charge in [-0.1, -0.05) is 12.1 Å². The highest BCUT2D eigenvalue weighted by Gasteiger charge is 2.32. The largest absolute Gasteiger partial charge is 0.481 e. The fourth-order valence-electron chi connectivity index (χ4n) is 4.06. The molecule has 1 aromatic carbocycles. The highest BCUT2D eigenvalue weighted by molar-refractivity contribution is 7.13. The second-order valence-corrected chi connectivity index (χ2v) is 8.66. The fourth-order valence-corrected chi connectivity index (χ4v) is 5.02. The first-order valence-electron chi connectivity index (χ1n) is 9.98. The number of piperidine rings is 1. The molecule has 31 heavy (non-hydrogen) atoms. The third kappa shape index (κ3) is 4.03. The molecular weight excluding hydrogens is 418 g/mol. The average molecular weight is 439 g/mol. The lowest BCUT2D eigenvalue weighted by Crippen LogP contribution is -2.44. The summed E-state index contributed by atoms with van der Waals surface area (Å²) >= 11 is 1.52. The number of rotatable bonds is 5. The van der Waals surface area contributed by atoms with Crippen LogP contribution in [0.15, 0.2) is 44.9 Å². The van der Waals surface area contributed by atoms with E-state index in [1.807, 2.05) is 18.4 Å². The fraction of sp³-hybridized carbons (Fsp3) is 0.304. The highest BCUT2D eigenvalue weighted by atomic mass is 32.1. The number of aryl methyl sites for hydroxylation is 1. The number of fused-ring (bicyclic) bond motifs is 1. The van der Waals surface area contributed by atoms with E-state index in [2.05, 4.69) is 0 Å². The van der Waals surface area contributed by atoms with Gasteiger partial charge in [0.05, 0.1) is 5.92 Å². The van der Waals surface area contributed by atoms with E-state index < -0.39 is 29.3 Å². The topological polar surface area (TPSA) is 105 Å². The number of thiophene rings is 1. The second kappa shape index (κ2) is 8.47. The Morgan fingerprint density at radius 3 is 2.77 bits per heavy atom. The summed E-state index contributed by atoms with van der Waals surface area (Å²) < 4.78 is 5.38. The van der Waals surface area contributed by atoms with Crippen LogP contribution in [0.4, 0.5) is 0 Å². The van der Waals surface area contributed by atoms with Crippen LogP contribution in [0.1, 0.15) is 29.9 Å². The Balaban J connectivity index is 1.71. The molecule has 0 bridgehead atoms. The van der Waals surface area contributed by atoms with Gasteiger partial charge in [-0.05, 0) is 48.4 Å². The van der Waals surface area contributed by atoms with Crippen molar-refractivity contribution in [1.29, 1.82) is 0 Å². The molecule has 1 saturated heterocycles. The van der Waals surface area contributed by atoms with E-state index in [0.29, 0.717) is 36.8 Å². The minimum absolute atomic E-state index is 0.0863. The number of carboxylic acid groups (broad SMARTS) is 1. The van der Waals surface area contributed by atoms with Crippen LogP contribution in [0.5, 0.6) is 0 Å². The molecule has 7 nitrogen and oxygen atoms in total. The molecule has 0 radical (unpaired) electrons. The number of nitrogens with zero attached hydrogens (tertiary/aromatic N) is 1. The Bertz CT molecular complexity index is 1230. The van der Waals surface area contributed by atoms with E-state index in [4.69, 9.17) is 4.42 Å². The van der Waals surface area contributed by atoms with Crippen LogP contribution < -0.4 is 5.63 Å². The van der Waals surface area contributed by atoms with Crippen LogP contribution in [0.2, 0.25) is 0 Å². The van der Waals surface area contributed by atoms with Gasteiger partial charge < -0.3 is 19.2 Å². The summed E-state index contributed by atoms with van der Waals surface area (Å²) in [4.78, 5) is 50.8. The molecule has 8 heteroatoms. The number of hydrogen-bond donors (Lipinski definition) is 1. The third-order valence-electron chi connectivity index (χ3n) is 5.72. The highest BCUT2D eigenvalue weighted by Crippen LogP contribution is 2.35. The average Bonchev–Trinajstić information content (AvgIpc) is 3.19. The predicted molar refractivity (Wildman–Crippen MR) is 116 cm³/mol. The van der Waals surface area contributed by atoms with Crippen molar-refractivity contribution in [2.45, 2.75) is 25.7 Å². The summed E-state index contributed by atoms with van der Waals surface area (Å²) in [7, 11) is 0. The van der Waals surface area contributed by atoms with Crippen molar-refractivity contribution in [2.75, 3.05) is 13.1 Å². The number of amides is 1. The molecule has 1 fully saturated rings. The summed E-state index contributed by atoms with van der Waals surface area (Å²) in [5, 5.41) is 11.9. The normalized spacial score (nSPS) is 17.5. The summed E-state index contributed by atoms with van der Waals surface area (Å²) in [5.74, 6) is -3.09. The molecule has 0 aliphatic carbocycles. The number of aldehydes is 1. The van der Waals surface area contributed by atoms with Gasteiger partial charge in [-0.3, -0.25) is 9.59 Å². The molecule has 0 spiro atoms. The molecule has 160 valence electrons. The lowest BCUT2D eigenvalue weighted by molar-refractivity contribution is -0.146. The molecule has 3 heterocycles. The molecule has 2 aromatic heterocycles. The zero-order chi connectivity index (χ0) is 22.1. The van der Waals surface area contributed by atoms with Crippen molar-refractivity contribution < 1.29 is 23.9 Å². The van der Waals surface area contributed by atoms with Crippen molar-refractivity contribution in [3.8, 4) is 10.4 Å². The van der Waals surface area contributed by atoms with Crippen LogP contribution in [0, 0.1) is 12.8 Å². The van der Waals surface area contributed by atoms with Crippen molar-refractivity contribution in [3.63, 3.8) is 0 Å². The molecule has 1 aliphatic rings. The Morgan fingerprint density at radius 1 is 1.29 bits per heavy atom. The molecule has 1 amide bonds. The number of carbonyl (C=O) groups is 3. The van der Waals surface area contributed by atoms with Crippen LogP contribution in [0.3, 0.4) is 0 Å². The number of carboxylic acids is 1. The lowest BCUT2D eigenvalue weighted by Gasteiger charge is -2.32. The van der Waals surface area contributed by atoms with Gasteiger partial charge in [0.25, 0.3) is 0 Å². The van der Waals surface area contributed by atoms with Gasteiger partial charge >= 0.3 is 11.6 Å². The van der Waals surface area contributed by atoms with E-state index in [9.17, 15) is 24.3 Å². The quantitative estimate of drug-likeness (QED) is 0.371. The zero-order valence-electron chi connectivity index (χ0n) is 16.9. The minimum Gasteiger partial charge on any atom is -0.481 e. The first-order valence-corrected chi connectivity index (χ1v) is 10.9. The Hall–Kier alpha value is -3.26. The van der Waals surface area contributed by atoms with Gasteiger partial charge in [0, 0.05) is 35.0 Å². The van der Waals surface area contributed by atoms with Crippen LogP contribution >= 0.6 is 11.3 Å². The summed E-state index contributed by atoms with van der Waals surface area (Å²) in [6.45, 7) is 2.46. The van der Waals surface area contributed by atoms with E-state index in [-0.39, 0.29) is 6.54 Å². The number of likely N-dealkylation sites (tertiary alicyclic amines) is 1. The van der Waals surface area contributed by atoms with Crippen molar-refractivity contribution in [3.05, 3.63) is 57.3 Å². The molecule has 1 N–H and O–H groups in total. The SMILES string of the molecule is Cc1ccsc1-c1cc(=O)oc2cc([C@H](C=O)C(=O)N3CCC[C@H](C(=O)O)C3)ccc12. The molecule has 4 rings (SSSR count). The molecular formula is C23H21NO6S. The smallest absolute Gasteiger partial charge is 0.336 e. The van der Waals surface area contributed by atoms with Crippen LogP contribution in [-0.2, 0) is 14.4 Å². The van der Waals surface area contributed by atoms with Gasteiger partial charge in [-0.2, -0.15) is 0 Å². The molecule has 2 atom stereocenters. The molecule has 1 aliphatic heterocycles. The minimum atomic E-state index is -1.09. The van der Waals surface area contributed by atoms with E-state index in [0.717, 1.165) is 21.4 Å². The first-order chi connectivity index (χ1) is 14.9. The van der Waals surface area contributed by atoms with Gasteiger partial charge in [0.1, 0.15) is 17.8 Å². The van der Waals surface area contributed by atoms with Crippen molar-refractivity contribution >= 4 is 40.5 Å². The maximum Gasteiger partial charge on any atom is 0.336 e. The van der Waals surface area contributed by atoms with E-state index in [1.54, 1.807) is 18.2 Å². The molecule has 0 unspecified atom stereocenters. The Labute approximate surface area is 181 Å². The summed E-state index contributed by atoms with van der Waals surface area (Å²) in [6.07, 6.45) is 1.64. The standard InChI is InChI=1S/C23H21NO6S/c1-13-6-8-31-21(13)17-10-20(26)30-19-9-14(4-5-16(17)19)18(12-25)22(27)24-7-2-3-15(11-24)23(28)29/h4-6,8-10,12,15,18H,2-3,7,11H2,1H3,(H,28,29)/t15-,18-/m0/s1. The zero-order valence-corrected chi connectivity index (χ0v) is 17.7. The maximum absolute atomic E-state index is 13.0. The summed E-state index contributed by atoms with van der Waals surface area (Å²) in [5.41, 5.74) is 1.99. The second-order valence-electron chi connectivity index (χ2n) is 7.74. The van der Waals surface area contributed by atoms with Crippen LogP contribution in [0.25, 0.3) is 21.4 Å². The predicted octanol–water partition coefficient (Wildman–Crippen LogP) is 3.44. The van der Waals surface area contributed by atoms with Crippen molar-refractivity contribution in [1.82, 2.24) is 4.90 Å². The monoisotopic (exact) mass is 439 g/mol. The van der Waals surface area contributed by atoms with E-state index >= 15 is 0 Å². The Kier molecular flexibility index (Phi) is 5.73. The third-order valence-corrected chi connectivity index (χ3v) is 6.77. The maximum atomic E-state index is 13.0. The van der Waals surface area contributed by atoms with Crippen LogP contribution in [-0.4, -0.2) is 41.3 Å². The van der Waals surface area contributed by atoms with Crippen molar-refractivity contribution in [2.24, 2.45) is 5.92 Å². The molecule has 3 aromatic rings. The lowest BCUT2D eigenvalue weighted by atomic mass is 9.93. The van der Waals surface area contributed by atoms with Gasteiger partial charge in [-0.25, -0.2) is 4.79 Å². The Morgan fingerprint density at radius 2 is 2.10 bits per heavy atom. The first kappa shape index (κ1) is 21.0. The summed E-state index contributed by atoms with van der Waals surface area (Å²) in [6, 6.07) is 8.41. The number of benzene rings is 1. The van der Waals surface area contributed by atoms with Gasteiger partial charge in [0.15, 0.2) is 0 Å². The number of carbonyl (C=O) groups excluding carboxylic acids is 2. The molecule has 0 saturated carbocycles. The van der Waals surface area contributed by atoms with E-state index in [1.165, 1.54) is 22.3 Å². The number of aliphatic carboxylic acids is 1. The van der Waals surface area contributed by atoms with Gasteiger partial charge in [0.2, 0.25) is 5.91 Å². The van der Waals surface area contributed by atoms with Gasteiger partial charge in [-0.15, -0.1) is 11.3 Å².